The van der Waals surface area contributed by atoms with E-state index in [1.165, 1.54) is 5.56 Å². The van der Waals surface area contributed by atoms with E-state index in [-0.39, 0.29) is 12.6 Å². The highest BCUT2D eigenvalue weighted by molar-refractivity contribution is 6.30. The Balaban J connectivity index is 1.55. The van der Waals surface area contributed by atoms with Crippen molar-refractivity contribution in [1.82, 2.24) is 5.32 Å². The van der Waals surface area contributed by atoms with Crippen molar-refractivity contribution < 1.29 is 5.11 Å². The zero-order chi connectivity index (χ0) is 14.7. The van der Waals surface area contributed by atoms with Gasteiger partial charge >= 0.3 is 0 Å². The van der Waals surface area contributed by atoms with Gasteiger partial charge in [0.05, 0.1) is 12.6 Å². The van der Waals surface area contributed by atoms with E-state index in [1.54, 1.807) is 0 Å². The van der Waals surface area contributed by atoms with Crippen LogP contribution >= 0.6 is 11.6 Å². The Hall–Kier alpha value is -1.35. The summed E-state index contributed by atoms with van der Waals surface area (Å²) in [6.07, 6.45) is 2.23. The first-order valence-electron chi connectivity index (χ1n) is 7.43. The van der Waals surface area contributed by atoms with Crippen LogP contribution in [0.1, 0.15) is 35.9 Å². The average Bonchev–Trinajstić information content (AvgIpc) is 2.49. The molecule has 2 aromatic carbocycles. The fourth-order valence-corrected chi connectivity index (χ4v) is 3.11. The van der Waals surface area contributed by atoms with Gasteiger partial charge in [-0.05, 0) is 42.0 Å². The van der Waals surface area contributed by atoms with E-state index in [2.05, 4.69) is 29.6 Å². The van der Waals surface area contributed by atoms with E-state index < -0.39 is 0 Å². The molecule has 110 valence electrons. The minimum atomic E-state index is 0.0300. The SMILES string of the molecule is OC[C@@H](NC1CC(c2ccc(Cl)cc2)C1)c1ccccc1. The Labute approximate surface area is 130 Å². The van der Waals surface area contributed by atoms with Crippen LogP contribution in [0.25, 0.3) is 0 Å². The number of aliphatic hydroxyl groups excluding tert-OH is 1. The average molecular weight is 302 g/mol. The number of aliphatic hydroxyl groups is 1. The summed E-state index contributed by atoms with van der Waals surface area (Å²) < 4.78 is 0. The molecule has 1 aliphatic rings. The fourth-order valence-electron chi connectivity index (χ4n) is 2.99. The van der Waals surface area contributed by atoms with Crippen molar-refractivity contribution in [3.8, 4) is 0 Å². The quantitative estimate of drug-likeness (QED) is 0.877. The normalized spacial score (nSPS) is 22.6. The maximum Gasteiger partial charge on any atom is 0.0626 e. The molecule has 0 spiro atoms. The molecular weight excluding hydrogens is 282 g/mol. The number of benzene rings is 2. The zero-order valence-corrected chi connectivity index (χ0v) is 12.6. The van der Waals surface area contributed by atoms with Gasteiger partial charge < -0.3 is 10.4 Å². The number of nitrogens with one attached hydrogen (secondary N) is 1. The van der Waals surface area contributed by atoms with Gasteiger partial charge in [-0.25, -0.2) is 0 Å². The van der Waals surface area contributed by atoms with E-state index in [9.17, 15) is 5.11 Å². The molecule has 2 nitrogen and oxygen atoms in total. The number of rotatable bonds is 5. The van der Waals surface area contributed by atoms with Crippen molar-refractivity contribution in [2.75, 3.05) is 6.61 Å². The monoisotopic (exact) mass is 301 g/mol. The summed E-state index contributed by atoms with van der Waals surface area (Å²) in [4.78, 5) is 0. The van der Waals surface area contributed by atoms with Crippen LogP contribution in [0.2, 0.25) is 5.02 Å². The molecule has 2 N–H and O–H groups in total. The minimum absolute atomic E-state index is 0.0300. The second-order valence-corrected chi connectivity index (χ2v) is 6.17. The number of hydrogen-bond acceptors (Lipinski definition) is 2. The second kappa shape index (κ2) is 6.61. The Morgan fingerprint density at radius 3 is 2.33 bits per heavy atom. The van der Waals surface area contributed by atoms with Crippen molar-refractivity contribution in [2.24, 2.45) is 0 Å². The van der Waals surface area contributed by atoms with Crippen LogP contribution in [0.4, 0.5) is 0 Å². The van der Waals surface area contributed by atoms with Crippen LogP contribution in [0.5, 0.6) is 0 Å². The van der Waals surface area contributed by atoms with Crippen LogP contribution in [-0.4, -0.2) is 17.8 Å². The summed E-state index contributed by atoms with van der Waals surface area (Å²) in [5.41, 5.74) is 2.51. The molecule has 3 heteroatoms. The highest BCUT2D eigenvalue weighted by Crippen LogP contribution is 2.38. The van der Waals surface area contributed by atoms with Gasteiger partial charge in [-0.2, -0.15) is 0 Å². The predicted octanol–water partition coefficient (Wildman–Crippen LogP) is 3.91. The molecule has 0 aromatic heterocycles. The van der Waals surface area contributed by atoms with Crippen molar-refractivity contribution in [1.29, 1.82) is 0 Å². The summed E-state index contributed by atoms with van der Waals surface area (Å²) in [5.74, 6) is 0.606. The van der Waals surface area contributed by atoms with E-state index in [0.717, 1.165) is 23.4 Å². The predicted molar refractivity (Wildman–Crippen MR) is 86.6 cm³/mol. The third kappa shape index (κ3) is 3.46. The van der Waals surface area contributed by atoms with E-state index in [1.807, 2.05) is 30.3 Å². The largest absolute Gasteiger partial charge is 0.394 e. The Kier molecular flexibility index (Phi) is 4.59. The molecule has 1 atom stereocenters. The molecule has 1 fully saturated rings. The number of halogens is 1. The fraction of sp³-hybridized carbons (Fsp3) is 0.333. The molecule has 0 amide bonds. The summed E-state index contributed by atoms with van der Waals surface area (Å²) in [5, 5.41) is 13.9. The van der Waals surface area contributed by atoms with E-state index >= 15 is 0 Å². The molecule has 0 radical (unpaired) electrons. The first kappa shape index (κ1) is 14.6. The van der Waals surface area contributed by atoms with Crippen LogP contribution in [0.3, 0.4) is 0 Å². The highest BCUT2D eigenvalue weighted by atomic mass is 35.5. The summed E-state index contributed by atoms with van der Waals surface area (Å²) in [6.45, 7) is 0.131. The summed E-state index contributed by atoms with van der Waals surface area (Å²) in [7, 11) is 0. The molecule has 3 rings (SSSR count). The molecule has 2 aromatic rings. The van der Waals surface area contributed by atoms with Crippen molar-refractivity contribution in [3.05, 3.63) is 70.7 Å². The van der Waals surface area contributed by atoms with E-state index in [4.69, 9.17) is 11.6 Å². The topological polar surface area (TPSA) is 32.3 Å². The Morgan fingerprint density at radius 1 is 1.05 bits per heavy atom. The molecule has 0 bridgehead atoms. The molecule has 0 aliphatic heterocycles. The summed E-state index contributed by atoms with van der Waals surface area (Å²) in [6, 6.07) is 18.8. The molecule has 21 heavy (non-hydrogen) atoms. The van der Waals surface area contributed by atoms with Gasteiger partial charge in [0.1, 0.15) is 0 Å². The van der Waals surface area contributed by atoms with Crippen molar-refractivity contribution in [3.63, 3.8) is 0 Å². The van der Waals surface area contributed by atoms with Gasteiger partial charge in [0, 0.05) is 11.1 Å². The van der Waals surface area contributed by atoms with Gasteiger partial charge in [-0.3, -0.25) is 0 Å². The maximum absolute atomic E-state index is 9.58. The van der Waals surface area contributed by atoms with Gasteiger partial charge in [0.25, 0.3) is 0 Å². The first-order valence-corrected chi connectivity index (χ1v) is 7.81. The minimum Gasteiger partial charge on any atom is -0.394 e. The smallest absolute Gasteiger partial charge is 0.0626 e. The lowest BCUT2D eigenvalue weighted by Gasteiger charge is -2.38. The van der Waals surface area contributed by atoms with Gasteiger partial charge in [0.2, 0.25) is 0 Å². The molecule has 0 saturated heterocycles. The lowest BCUT2D eigenvalue weighted by molar-refractivity contribution is 0.197. The maximum atomic E-state index is 9.58. The van der Waals surface area contributed by atoms with Gasteiger partial charge in [0.15, 0.2) is 0 Å². The molecule has 1 aliphatic carbocycles. The van der Waals surface area contributed by atoms with E-state index in [0.29, 0.717) is 12.0 Å². The van der Waals surface area contributed by atoms with Crippen molar-refractivity contribution in [2.45, 2.75) is 30.8 Å². The molecule has 0 heterocycles. The zero-order valence-electron chi connectivity index (χ0n) is 11.9. The Morgan fingerprint density at radius 2 is 1.71 bits per heavy atom. The van der Waals surface area contributed by atoms with Crippen LogP contribution in [-0.2, 0) is 0 Å². The third-order valence-corrected chi connectivity index (χ3v) is 4.55. The van der Waals surface area contributed by atoms with Crippen LogP contribution in [0.15, 0.2) is 54.6 Å². The Bertz CT molecular complexity index is 564. The second-order valence-electron chi connectivity index (χ2n) is 5.73. The van der Waals surface area contributed by atoms with Crippen LogP contribution in [0, 0.1) is 0 Å². The third-order valence-electron chi connectivity index (χ3n) is 4.30. The molecule has 1 saturated carbocycles. The van der Waals surface area contributed by atoms with Crippen molar-refractivity contribution >= 4 is 11.6 Å². The standard InChI is InChI=1S/C18H20ClNO/c19-16-8-6-13(7-9-16)15-10-17(11-15)20-18(12-21)14-4-2-1-3-5-14/h1-9,15,17-18,20-21H,10-12H2/t15?,17?,18-/m1/s1. The summed E-state index contributed by atoms with van der Waals surface area (Å²) >= 11 is 5.92. The number of hydrogen-bond donors (Lipinski definition) is 2. The molecule has 0 unspecified atom stereocenters. The van der Waals surface area contributed by atoms with Gasteiger partial charge in [-0.1, -0.05) is 54.1 Å². The highest BCUT2D eigenvalue weighted by Gasteiger charge is 2.31. The van der Waals surface area contributed by atoms with Gasteiger partial charge in [-0.15, -0.1) is 0 Å². The first-order chi connectivity index (χ1) is 10.3. The lowest BCUT2D eigenvalue weighted by atomic mass is 9.75. The lowest BCUT2D eigenvalue weighted by Crippen LogP contribution is -2.43. The van der Waals surface area contributed by atoms with Crippen LogP contribution < -0.4 is 5.32 Å². The molecular formula is C18H20ClNO.